The molecule has 0 aliphatic heterocycles. The Kier molecular flexibility index (Phi) is 3.38. The normalized spacial score (nSPS) is 10.7. The number of fused-ring (bicyclic) bond motifs is 1. The van der Waals surface area contributed by atoms with Crippen molar-refractivity contribution >= 4 is 39.8 Å². The number of nitrogen functional groups attached to an aromatic ring is 1. The highest BCUT2D eigenvalue weighted by molar-refractivity contribution is 6.34. The third-order valence-corrected chi connectivity index (χ3v) is 3.45. The number of anilines is 1. The van der Waals surface area contributed by atoms with E-state index < -0.39 is 0 Å². The molecule has 20 heavy (non-hydrogen) atoms. The second-order valence-electron chi connectivity index (χ2n) is 4.22. The highest BCUT2D eigenvalue weighted by atomic mass is 35.5. The van der Waals surface area contributed by atoms with Crippen LogP contribution in [0.5, 0.6) is 11.5 Å². The number of rotatable bonds is 2. The third-order valence-electron chi connectivity index (χ3n) is 2.90. The number of nitrogens with zero attached hydrogens (tertiary/aromatic N) is 1. The first-order valence-electron chi connectivity index (χ1n) is 5.91. The molecule has 3 aromatic rings. The van der Waals surface area contributed by atoms with Crippen molar-refractivity contribution in [1.29, 1.82) is 0 Å². The molecule has 0 amide bonds. The summed E-state index contributed by atoms with van der Waals surface area (Å²) in [4.78, 5) is 4.24. The molecule has 3 nitrogen and oxygen atoms in total. The number of hydrogen-bond acceptors (Lipinski definition) is 3. The van der Waals surface area contributed by atoms with E-state index in [4.69, 9.17) is 33.7 Å². The Morgan fingerprint density at radius 1 is 1.00 bits per heavy atom. The predicted molar refractivity (Wildman–Crippen MR) is 82.7 cm³/mol. The summed E-state index contributed by atoms with van der Waals surface area (Å²) >= 11 is 12.0. The standard InChI is InChI=1S/C15H10Cl2N2O/c16-9-3-4-11(17)14(8-9)20-13-6-5-12-10(15(13)18)2-1-7-19-12/h1-8H,18H2. The molecular formula is C15H10Cl2N2O. The molecule has 0 fully saturated rings. The predicted octanol–water partition coefficient (Wildman–Crippen LogP) is 4.92. The number of pyridine rings is 1. The van der Waals surface area contributed by atoms with Crippen LogP contribution in [0.1, 0.15) is 0 Å². The maximum Gasteiger partial charge on any atom is 0.151 e. The minimum Gasteiger partial charge on any atom is -0.454 e. The summed E-state index contributed by atoms with van der Waals surface area (Å²) in [5, 5.41) is 1.86. The minimum atomic E-state index is 0.467. The number of halogens is 2. The fraction of sp³-hybridized carbons (Fsp3) is 0. The zero-order valence-corrected chi connectivity index (χ0v) is 11.8. The number of nitrogens with two attached hydrogens (primary N) is 1. The average molecular weight is 305 g/mol. The van der Waals surface area contributed by atoms with Gasteiger partial charge in [0, 0.05) is 22.7 Å². The first-order valence-corrected chi connectivity index (χ1v) is 6.67. The molecule has 0 unspecified atom stereocenters. The van der Waals surface area contributed by atoms with Gasteiger partial charge in [-0.1, -0.05) is 23.2 Å². The van der Waals surface area contributed by atoms with Gasteiger partial charge in [-0.3, -0.25) is 4.98 Å². The van der Waals surface area contributed by atoms with E-state index in [9.17, 15) is 0 Å². The van der Waals surface area contributed by atoms with Crippen molar-refractivity contribution in [2.75, 3.05) is 5.73 Å². The maximum atomic E-state index is 6.11. The molecule has 0 radical (unpaired) electrons. The molecule has 2 aromatic carbocycles. The van der Waals surface area contributed by atoms with E-state index in [2.05, 4.69) is 4.98 Å². The topological polar surface area (TPSA) is 48.1 Å². The molecule has 0 atom stereocenters. The first-order chi connectivity index (χ1) is 9.65. The zero-order chi connectivity index (χ0) is 14.1. The lowest BCUT2D eigenvalue weighted by molar-refractivity contribution is 0.486. The molecule has 0 aliphatic rings. The summed E-state index contributed by atoms with van der Waals surface area (Å²) in [7, 11) is 0. The van der Waals surface area contributed by atoms with Crippen molar-refractivity contribution in [1.82, 2.24) is 4.98 Å². The molecule has 0 aliphatic carbocycles. The van der Waals surface area contributed by atoms with Crippen LogP contribution in [0.2, 0.25) is 10.0 Å². The van der Waals surface area contributed by atoms with Gasteiger partial charge in [0.1, 0.15) is 5.75 Å². The largest absolute Gasteiger partial charge is 0.454 e. The molecule has 0 spiro atoms. The Bertz CT molecular complexity index is 790. The van der Waals surface area contributed by atoms with Crippen molar-refractivity contribution in [3.8, 4) is 11.5 Å². The fourth-order valence-corrected chi connectivity index (χ4v) is 2.24. The van der Waals surface area contributed by atoms with Crippen LogP contribution in [0.3, 0.4) is 0 Å². The van der Waals surface area contributed by atoms with E-state index in [0.717, 1.165) is 10.9 Å². The molecule has 0 saturated heterocycles. The second kappa shape index (κ2) is 5.19. The summed E-state index contributed by atoms with van der Waals surface area (Å²) in [6, 6.07) is 12.4. The second-order valence-corrected chi connectivity index (χ2v) is 5.07. The van der Waals surface area contributed by atoms with Gasteiger partial charge in [-0.25, -0.2) is 0 Å². The number of hydrogen-bond donors (Lipinski definition) is 1. The van der Waals surface area contributed by atoms with Crippen molar-refractivity contribution in [3.63, 3.8) is 0 Å². The van der Waals surface area contributed by atoms with Gasteiger partial charge in [-0.2, -0.15) is 0 Å². The summed E-state index contributed by atoms with van der Waals surface area (Å²) in [6.07, 6.45) is 1.72. The minimum absolute atomic E-state index is 0.467. The molecule has 2 N–H and O–H groups in total. The maximum absolute atomic E-state index is 6.11. The third kappa shape index (κ3) is 2.38. The van der Waals surface area contributed by atoms with Gasteiger partial charge in [0.2, 0.25) is 0 Å². The molecular weight excluding hydrogens is 295 g/mol. The van der Waals surface area contributed by atoms with Crippen molar-refractivity contribution in [2.45, 2.75) is 0 Å². The molecule has 100 valence electrons. The quantitative estimate of drug-likeness (QED) is 0.684. The Hall–Kier alpha value is -1.97. The van der Waals surface area contributed by atoms with Crippen LogP contribution in [0, 0.1) is 0 Å². The van der Waals surface area contributed by atoms with Crippen LogP contribution in [0.4, 0.5) is 5.69 Å². The van der Waals surface area contributed by atoms with Gasteiger partial charge in [0.25, 0.3) is 0 Å². The Labute approximate surface area is 125 Å². The van der Waals surface area contributed by atoms with Crippen LogP contribution in [-0.4, -0.2) is 4.98 Å². The van der Waals surface area contributed by atoms with E-state index >= 15 is 0 Å². The lowest BCUT2D eigenvalue weighted by Crippen LogP contribution is -1.94. The highest BCUT2D eigenvalue weighted by Gasteiger charge is 2.09. The smallest absolute Gasteiger partial charge is 0.151 e. The van der Waals surface area contributed by atoms with Gasteiger partial charge in [0.05, 0.1) is 16.2 Å². The molecule has 0 bridgehead atoms. The molecule has 1 aromatic heterocycles. The van der Waals surface area contributed by atoms with Gasteiger partial charge in [-0.15, -0.1) is 0 Å². The summed E-state index contributed by atoms with van der Waals surface area (Å²) < 4.78 is 5.76. The molecule has 5 heteroatoms. The Balaban J connectivity index is 2.07. The number of aromatic nitrogens is 1. The number of benzene rings is 2. The van der Waals surface area contributed by atoms with E-state index in [0.29, 0.717) is 27.2 Å². The Morgan fingerprint density at radius 2 is 1.85 bits per heavy atom. The van der Waals surface area contributed by atoms with Crippen molar-refractivity contribution in [2.24, 2.45) is 0 Å². The molecule has 1 heterocycles. The Morgan fingerprint density at radius 3 is 2.70 bits per heavy atom. The van der Waals surface area contributed by atoms with E-state index in [1.165, 1.54) is 0 Å². The van der Waals surface area contributed by atoms with Gasteiger partial charge < -0.3 is 10.5 Å². The van der Waals surface area contributed by atoms with Gasteiger partial charge in [-0.05, 0) is 36.4 Å². The average Bonchev–Trinajstić information content (AvgIpc) is 2.46. The monoisotopic (exact) mass is 304 g/mol. The van der Waals surface area contributed by atoms with Gasteiger partial charge >= 0.3 is 0 Å². The van der Waals surface area contributed by atoms with Gasteiger partial charge in [0.15, 0.2) is 5.75 Å². The van der Waals surface area contributed by atoms with Crippen LogP contribution in [0.15, 0.2) is 48.7 Å². The summed E-state index contributed by atoms with van der Waals surface area (Å²) in [6.45, 7) is 0. The van der Waals surface area contributed by atoms with E-state index in [1.807, 2.05) is 18.2 Å². The lowest BCUT2D eigenvalue weighted by Gasteiger charge is -2.11. The molecule has 3 rings (SSSR count). The van der Waals surface area contributed by atoms with E-state index in [-0.39, 0.29) is 0 Å². The van der Waals surface area contributed by atoms with Crippen LogP contribution in [0.25, 0.3) is 10.9 Å². The highest BCUT2D eigenvalue weighted by Crippen LogP contribution is 2.36. The van der Waals surface area contributed by atoms with Crippen LogP contribution >= 0.6 is 23.2 Å². The number of ether oxygens (including phenoxy) is 1. The summed E-state index contributed by atoms with van der Waals surface area (Å²) in [5.74, 6) is 0.990. The zero-order valence-electron chi connectivity index (χ0n) is 10.3. The first kappa shape index (κ1) is 13.0. The van der Waals surface area contributed by atoms with Crippen LogP contribution < -0.4 is 10.5 Å². The summed E-state index contributed by atoms with van der Waals surface area (Å²) in [5.41, 5.74) is 7.45. The van der Waals surface area contributed by atoms with E-state index in [1.54, 1.807) is 30.5 Å². The van der Waals surface area contributed by atoms with Crippen molar-refractivity contribution < 1.29 is 4.74 Å². The molecule has 0 saturated carbocycles. The SMILES string of the molecule is Nc1c(Oc2cc(Cl)ccc2Cl)ccc2ncccc12. The van der Waals surface area contributed by atoms with Crippen LogP contribution in [-0.2, 0) is 0 Å². The fourth-order valence-electron chi connectivity index (χ4n) is 1.92. The van der Waals surface area contributed by atoms with Crippen molar-refractivity contribution in [3.05, 3.63) is 58.7 Å². The lowest BCUT2D eigenvalue weighted by atomic mass is 10.1.